The largest absolute Gasteiger partial charge is 0.165 e. The molecule has 0 fully saturated rings. The molecule has 0 aliphatic heterocycles. The molecule has 0 bridgehead atoms. The second-order valence-corrected chi connectivity index (χ2v) is 5.98. The van der Waals surface area contributed by atoms with E-state index in [0.29, 0.717) is 10.8 Å². The maximum Gasteiger partial charge on any atom is 0.0312 e. The van der Waals surface area contributed by atoms with Crippen LogP contribution in [0.15, 0.2) is 0 Å². The van der Waals surface area contributed by atoms with Crippen LogP contribution in [-0.2, 0) is 0 Å². The normalized spacial score (nSPS) is 14.8. The molecule has 0 aliphatic carbocycles. The SMILES string of the molecule is CSCCCC(C)(C)CC(C)Cl. The maximum atomic E-state index is 5.97. The summed E-state index contributed by atoms with van der Waals surface area (Å²) in [6, 6.07) is 0. The highest BCUT2D eigenvalue weighted by atomic mass is 35.5. The van der Waals surface area contributed by atoms with Crippen molar-refractivity contribution in [3.63, 3.8) is 0 Å². The number of hydrogen-bond acceptors (Lipinski definition) is 1. The van der Waals surface area contributed by atoms with E-state index < -0.39 is 0 Å². The Hall–Kier alpha value is 0.640. The molecule has 0 aliphatic rings. The molecule has 0 aromatic heterocycles. The van der Waals surface area contributed by atoms with Gasteiger partial charge in [0.05, 0.1) is 0 Å². The van der Waals surface area contributed by atoms with E-state index in [1.165, 1.54) is 18.6 Å². The highest BCUT2D eigenvalue weighted by molar-refractivity contribution is 7.98. The monoisotopic (exact) mass is 208 g/mol. The van der Waals surface area contributed by atoms with E-state index in [2.05, 4.69) is 27.0 Å². The molecular formula is C10H21ClS. The van der Waals surface area contributed by atoms with Crippen LogP contribution in [-0.4, -0.2) is 17.4 Å². The van der Waals surface area contributed by atoms with Gasteiger partial charge in [-0.1, -0.05) is 13.8 Å². The molecule has 0 saturated carbocycles. The van der Waals surface area contributed by atoms with Gasteiger partial charge >= 0.3 is 0 Å². The Bertz CT molecular complexity index is 110. The van der Waals surface area contributed by atoms with E-state index in [0.717, 1.165) is 6.42 Å². The lowest BCUT2D eigenvalue weighted by Gasteiger charge is -2.25. The van der Waals surface area contributed by atoms with Crippen LogP contribution < -0.4 is 0 Å². The van der Waals surface area contributed by atoms with Crippen LogP contribution in [0.2, 0.25) is 0 Å². The zero-order valence-electron chi connectivity index (χ0n) is 8.69. The highest BCUT2D eigenvalue weighted by Gasteiger charge is 2.19. The summed E-state index contributed by atoms with van der Waals surface area (Å²) in [5.41, 5.74) is 0.427. The van der Waals surface area contributed by atoms with Crippen molar-refractivity contribution in [3.05, 3.63) is 0 Å². The van der Waals surface area contributed by atoms with Crippen LogP contribution in [0.25, 0.3) is 0 Å². The molecule has 0 nitrogen and oxygen atoms in total. The molecule has 0 rings (SSSR count). The third-order valence-electron chi connectivity index (χ3n) is 2.04. The van der Waals surface area contributed by atoms with Crippen molar-refractivity contribution in [3.8, 4) is 0 Å². The number of halogens is 1. The summed E-state index contributed by atoms with van der Waals surface area (Å²) in [7, 11) is 0. The molecule has 0 amide bonds. The van der Waals surface area contributed by atoms with Crippen molar-refractivity contribution < 1.29 is 0 Å². The maximum absolute atomic E-state index is 5.97. The van der Waals surface area contributed by atoms with Gasteiger partial charge in [-0.25, -0.2) is 0 Å². The van der Waals surface area contributed by atoms with Crippen molar-refractivity contribution in [1.29, 1.82) is 0 Å². The third kappa shape index (κ3) is 7.30. The van der Waals surface area contributed by atoms with Crippen molar-refractivity contribution in [2.45, 2.75) is 45.4 Å². The van der Waals surface area contributed by atoms with E-state index in [1.807, 2.05) is 11.8 Å². The van der Waals surface area contributed by atoms with Crippen LogP contribution >= 0.6 is 23.4 Å². The minimum Gasteiger partial charge on any atom is -0.165 e. The van der Waals surface area contributed by atoms with Gasteiger partial charge in [0.25, 0.3) is 0 Å². The van der Waals surface area contributed by atoms with Crippen LogP contribution in [0.5, 0.6) is 0 Å². The Morgan fingerprint density at radius 3 is 2.42 bits per heavy atom. The average molecular weight is 209 g/mol. The topological polar surface area (TPSA) is 0 Å². The van der Waals surface area contributed by atoms with Gasteiger partial charge in [-0.15, -0.1) is 11.6 Å². The lowest BCUT2D eigenvalue weighted by Crippen LogP contribution is -2.15. The third-order valence-corrected chi connectivity index (χ3v) is 2.89. The molecule has 12 heavy (non-hydrogen) atoms. The predicted molar refractivity (Wildman–Crippen MR) is 61.3 cm³/mol. The lowest BCUT2D eigenvalue weighted by molar-refractivity contribution is 0.304. The van der Waals surface area contributed by atoms with Crippen molar-refractivity contribution in [1.82, 2.24) is 0 Å². The number of rotatable bonds is 6. The number of thioether (sulfide) groups is 1. The Morgan fingerprint density at radius 1 is 1.42 bits per heavy atom. The molecular weight excluding hydrogens is 188 g/mol. The second-order valence-electron chi connectivity index (χ2n) is 4.25. The van der Waals surface area contributed by atoms with Gasteiger partial charge in [-0.05, 0) is 43.6 Å². The van der Waals surface area contributed by atoms with E-state index >= 15 is 0 Å². The first-order chi connectivity index (χ1) is 5.48. The first-order valence-corrected chi connectivity index (χ1v) is 6.44. The number of hydrogen-bond donors (Lipinski definition) is 0. The minimum atomic E-state index is 0.314. The van der Waals surface area contributed by atoms with Gasteiger partial charge in [-0.3, -0.25) is 0 Å². The zero-order chi connectivity index (χ0) is 9.61. The Kier molecular flexibility index (Phi) is 6.48. The Balaban J connectivity index is 3.56. The molecule has 2 heteroatoms. The van der Waals surface area contributed by atoms with Crippen molar-refractivity contribution in [2.24, 2.45) is 5.41 Å². The summed E-state index contributed by atoms with van der Waals surface area (Å²) in [6.07, 6.45) is 5.91. The van der Waals surface area contributed by atoms with Crippen molar-refractivity contribution in [2.75, 3.05) is 12.0 Å². The summed E-state index contributed by atoms with van der Waals surface area (Å²) >= 11 is 7.90. The molecule has 0 N–H and O–H groups in total. The highest BCUT2D eigenvalue weighted by Crippen LogP contribution is 2.30. The molecule has 0 radical (unpaired) electrons. The van der Waals surface area contributed by atoms with E-state index in [9.17, 15) is 0 Å². The molecule has 0 aromatic carbocycles. The minimum absolute atomic E-state index is 0.314. The van der Waals surface area contributed by atoms with Gasteiger partial charge in [0.15, 0.2) is 0 Å². The predicted octanol–water partition coefficient (Wildman–Crippen LogP) is 4.17. The second kappa shape index (κ2) is 6.15. The lowest BCUT2D eigenvalue weighted by atomic mass is 9.83. The molecule has 0 aromatic rings. The Labute approximate surface area is 86.5 Å². The zero-order valence-corrected chi connectivity index (χ0v) is 10.3. The Morgan fingerprint density at radius 2 is 2.00 bits per heavy atom. The molecule has 1 unspecified atom stereocenters. The first kappa shape index (κ1) is 12.6. The fourth-order valence-electron chi connectivity index (χ4n) is 1.56. The molecule has 0 spiro atoms. The van der Waals surface area contributed by atoms with Crippen molar-refractivity contribution >= 4 is 23.4 Å². The van der Waals surface area contributed by atoms with Gasteiger partial charge in [0.2, 0.25) is 0 Å². The first-order valence-electron chi connectivity index (χ1n) is 4.61. The molecule has 74 valence electrons. The van der Waals surface area contributed by atoms with E-state index in [4.69, 9.17) is 11.6 Å². The van der Waals surface area contributed by atoms with Crippen LogP contribution in [0.1, 0.15) is 40.0 Å². The van der Waals surface area contributed by atoms with Gasteiger partial charge in [-0.2, -0.15) is 11.8 Å². The summed E-state index contributed by atoms with van der Waals surface area (Å²) in [5, 5.41) is 0.314. The van der Waals surface area contributed by atoms with Gasteiger partial charge < -0.3 is 0 Å². The van der Waals surface area contributed by atoms with Crippen LogP contribution in [0, 0.1) is 5.41 Å². The quantitative estimate of drug-likeness (QED) is 0.467. The van der Waals surface area contributed by atoms with Crippen LogP contribution in [0.3, 0.4) is 0 Å². The molecule has 0 saturated heterocycles. The fraction of sp³-hybridized carbons (Fsp3) is 1.00. The summed E-state index contributed by atoms with van der Waals surface area (Å²) in [5.74, 6) is 1.28. The fourth-order valence-corrected chi connectivity index (χ4v) is 2.41. The summed E-state index contributed by atoms with van der Waals surface area (Å²) in [4.78, 5) is 0. The molecule has 0 heterocycles. The van der Waals surface area contributed by atoms with E-state index in [1.54, 1.807) is 0 Å². The standard InChI is InChI=1S/C10H21ClS/c1-9(11)8-10(2,3)6-5-7-12-4/h9H,5-8H2,1-4H3. The summed E-state index contributed by atoms with van der Waals surface area (Å²) in [6.45, 7) is 6.70. The number of alkyl halides is 1. The summed E-state index contributed by atoms with van der Waals surface area (Å²) < 4.78 is 0. The van der Waals surface area contributed by atoms with Crippen LogP contribution in [0.4, 0.5) is 0 Å². The molecule has 1 atom stereocenters. The smallest absolute Gasteiger partial charge is 0.0312 e. The van der Waals surface area contributed by atoms with E-state index in [-0.39, 0.29) is 0 Å². The van der Waals surface area contributed by atoms with Gasteiger partial charge in [0.1, 0.15) is 0 Å². The van der Waals surface area contributed by atoms with Gasteiger partial charge in [0, 0.05) is 5.38 Å². The average Bonchev–Trinajstić information content (AvgIpc) is 1.84.